The third-order valence-electron chi connectivity index (χ3n) is 8.06. The van der Waals surface area contributed by atoms with Crippen molar-refractivity contribution in [1.29, 1.82) is 0 Å². The van der Waals surface area contributed by atoms with E-state index in [-0.39, 0.29) is 0 Å². The molecule has 29 heavy (non-hydrogen) atoms. The Balaban J connectivity index is 1.26. The van der Waals surface area contributed by atoms with Crippen LogP contribution in [0.2, 0.25) is 0 Å². The lowest BCUT2D eigenvalue weighted by Crippen LogP contribution is -2.61. The van der Waals surface area contributed by atoms with Gasteiger partial charge < -0.3 is 14.6 Å². The molecular weight excluding hydrogens is 362 g/mol. The fraction of sp³-hybridized carbons (Fsp3) is 0.520. The Bertz CT molecular complexity index is 942. The van der Waals surface area contributed by atoms with E-state index in [1.807, 2.05) is 12.1 Å². The summed E-state index contributed by atoms with van der Waals surface area (Å²) in [5.74, 6) is 2.92. The first-order chi connectivity index (χ1) is 14.2. The van der Waals surface area contributed by atoms with Gasteiger partial charge in [-0.1, -0.05) is 25.0 Å². The molecule has 0 unspecified atom stereocenters. The van der Waals surface area contributed by atoms with E-state index in [1.165, 1.54) is 55.3 Å². The summed E-state index contributed by atoms with van der Waals surface area (Å²) in [4.78, 5) is 2.76. The van der Waals surface area contributed by atoms with E-state index in [0.717, 1.165) is 36.8 Å². The van der Waals surface area contributed by atoms with Crippen molar-refractivity contribution in [2.75, 3.05) is 19.9 Å². The number of hydrogen-bond acceptors (Lipinski definition) is 4. The van der Waals surface area contributed by atoms with Crippen LogP contribution >= 0.6 is 0 Å². The van der Waals surface area contributed by atoms with Crippen molar-refractivity contribution in [3.63, 3.8) is 0 Å². The van der Waals surface area contributed by atoms with Gasteiger partial charge >= 0.3 is 0 Å². The van der Waals surface area contributed by atoms with Gasteiger partial charge in [0.15, 0.2) is 11.5 Å². The Morgan fingerprint density at radius 1 is 1.03 bits per heavy atom. The van der Waals surface area contributed by atoms with Gasteiger partial charge in [-0.05, 0) is 85.5 Å². The summed E-state index contributed by atoms with van der Waals surface area (Å²) in [5, 5.41) is 10.2. The Morgan fingerprint density at radius 2 is 1.97 bits per heavy atom. The standard InChI is InChI=1S/C25H29NO3/c27-19-6-5-18-14-22-20-3-1-2-9-25(20,21(18)15-19)10-12-26(22)11-8-17-4-7-23-24(13-17)29-16-28-23/h4-7,13,15,20,22,27H,1-3,8-12,14,16H2/t20-,22-,25+/m1/s1. The van der Waals surface area contributed by atoms with Crippen molar-refractivity contribution in [3.8, 4) is 17.2 Å². The fourth-order valence-electron chi connectivity index (χ4n) is 6.72. The third-order valence-corrected chi connectivity index (χ3v) is 8.06. The number of nitrogens with zero attached hydrogens (tertiary/aromatic N) is 1. The minimum absolute atomic E-state index is 0.296. The van der Waals surface area contributed by atoms with Crippen molar-refractivity contribution >= 4 is 0 Å². The number of benzene rings is 2. The van der Waals surface area contributed by atoms with Crippen LogP contribution < -0.4 is 9.47 Å². The average molecular weight is 392 g/mol. The lowest BCUT2D eigenvalue weighted by Gasteiger charge is -2.59. The van der Waals surface area contributed by atoms with Crippen molar-refractivity contribution in [3.05, 3.63) is 53.1 Å². The van der Waals surface area contributed by atoms with Crippen LogP contribution in [-0.4, -0.2) is 35.9 Å². The van der Waals surface area contributed by atoms with E-state index in [4.69, 9.17) is 9.47 Å². The number of ether oxygens (including phenoxy) is 2. The normalized spacial score (nSPS) is 29.9. The van der Waals surface area contributed by atoms with Gasteiger partial charge in [0.1, 0.15) is 5.75 Å². The van der Waals surface area contributed by atoms with Gasteiger partial charge in [0.25, 0.3) is 0 Å². The third kappa shape index (κ3) is 2.76. The molecule has 1 saturated carbocycles. The van der Waals surface area contributed by atoms with Crippen molar-refractivity contribution in [2.45, 2.75) is 56.4 Å². The summed E-state index contributed by atoms with van der Waals surface area (Å²) >= 11 is 0. The summed E-state index contributed by atoms with van der Waals surface area (Å²) in [7, 11) is 0. The van der Waals surface area contributed by atoms with Crippen LogP contribution in [-0.2, 0) is 18.3 Å². The number of piperidine rings is 1. The molecule has 6 rings (SSSR count). The Hall–Kier alpha value is -2.20. The largest absolute Gasteiger partial charge is 0.508 e. The molecule has 0 radical (unpaired) electrons. The highest BCUT2D eigenvalue weighted by molar-refractivity contribution is 5.46. The molecule has 2 fully saturated rings. The number of phenolic OH excluding ortho intramolecular Hbond substituents is 1. The maximum Gasteiger partial charge on any atom is 0.231 e. The lowest BCUT2D eigenvalue weighted by molar-refractivity contribution is -0.0106. The van der Waals surface area contributed by atoms with Gasteiger partial charge in [0, 0.05) is 18.0 Å². The minimum Gasteiger partial charge on any atom is -0.508 e. The van der Waals surface area contributed by atoms with E-state index < -0.39 is 0 Å². The van der Waals surface area contributed by atoms with Crippen LogP contribution in [0.5, 0.6) is 17.2 Å². The lowest BCUT2D eigenvalue weighted by atomic mass is 9.52. The summed E-state index contributed by atoms with van der Waals surface area (Å²) in [6, 6.07) is 13.2. The Morgan fingerprint density at radius 3 is 2.93 bits per heavy atom. The van der Waals surface area contributed by atoms with Gasteiger partial charge in [0.2, 0.25) is 6.79 Å². The topological polar surface area (TPSA) is 41.9 Å². The molecule has 152 valence electrons. The Labute approximate surface area is 172 Å². The van der Waals surface area contributed by atoms with Gasteiger partial charge in [-0.2, -0.15) is 0 Å². The molecule has 1 N–H and O–H groups in total. The molecule has 2 aromatic rings. The second kappa shape index (κ2) is 6.66. The van der Waals surface area contributed by atoms with Crippen LogP contribution in [0.1, 0.15) is 48.8 Å². The van der Waals surface area contributed by atoms with Crippen molar-refractivity contribution < 1.29 is 14.6 Å². The number of hydrogen-bond donors (Lipinski definition) is 1. The number of likely N-dealkylation sites (tertiary alicyclic amines) is 1. The highest BCUT2D eigenvalue weighted by Gasteiger charge is 2.53. The highest BCUT2D eigenvalue weighted by atomic mass is 16.7. The molecule has 2 aromatic carbocycles. The second-order valence-electron chi connectivity index (χ2n) is 9.34. The smallest absolute Gasteiger partial charge is 0.231 e. The first-order valence-electron chi connectivity index (χ1n) is 11.2. The molecule has 2 aliphatic carbocycles. The molecule has 2 aliphatic heterocycles. The molecule has 4 heteroatoms. The zero-order valence-corrected chi connectivity index (χ0v) is 16.9. The molecule has 2 heterocycles. The van der Waals surface area contributed by atoms with E-state index in [0.29, 0.717) is 24.0 Å². The Kier molecular flexibility index (Phi) is 4.05. The molecule has 4 nitrogen and oxygen atoms in total. The van der Waals surface area contributed by atoms with Crippen LogP contribution in [0.4, 0.5) is 0 Å². The monoisotopic (exact) mass is 391 g/mol. The first-order valence-corrected chi connectivity index (χ1v) is 11.2. The molecule has 4 aliphatic rings. The summed E-state index contributed by atoms with van der Waals surface area (Å²) in [6.07, 6.45) is 8.72. The molecule has 3 atom stereocenters. The van der Waals surface area contributed by atoms with E-state index >= 15 is 0 Å². The summed E-state index contributed by atoms with van der Waals surface area (Å²) < 4.78 is 11.0. The number of rotatable bonds is 3. The number of fused-ring (bicyclic) bond motifs is 2. The molecule has 0 spiro atoms. The fourth-order valence-corrected chi connectivity index (χ4v) is 6.72. The summed E-state index contributed by atoms with van der Waals surface area (Å²) in [6.45, 7) is 2.61. The maximum atomic E-state index is 10.2. The average Bonchev–Trinajstić information content (AvgIpc) is 3.21. The van der Waals surface area contributed by atoms with Gasteiger partial charge in [-0.15, -0.1) is 0 Å². The molecular formula is C25H29NO3. The number of phenols is 1. The minimum atomic E-state index is 0.296. The van der Waals surface area contributed by atoms with Gasteiger partial charge in [-0.3, -0.25) is 4.90 Å². The van der Waals surface area contributed by atoms with Crippen LogP contribution in [0, 0.1) is 5.92 Å². The highest BCUT2D eigenvalue weighted by Crippen LogP contribution is 2.56. The molecule has 0 amide bonds. The quantitative estimate of drug-likeness (QED) is 0.841. The molecule has 1 saturated heterocycles. The summed E-state index contributed by atoms with van der Waals surface area (Å²) in [5.41, 5.74) is 4.56. The molecule has 0 aromatic heterocycles. The van der Waals surface area contributed by atoms with Gasteiger partial charge in [0.05, 0.1) is 0 Å². The van der Waals surface area contributed by atoms with Crippen molar-refractivity contribution in [1.82, 2.24) is 4.90 Å². The van der Waals surface area contributed by atoms with E-state index in [1.54, 1.807) is 0 Å². The second-order valence-corrected chi connectivity index (χ2v) is 9.34. The number of aromatic hydroxyl groups is 1. The van der Waals surface area contributed by atoms with Crippen LogP contribution in [0.3, 0.4) is 0 Å². The molecule has 2 bridgehead atoms. The van der Waals surface area contributed by atoms with Gasteiger partial charge in [-0.25, -0.2) is 0 Å². The first kappa shape index (κ1) is 17.6. The van der Waals surface area contributed by atoms with Crippen LogP contribution in [0.25, 0.3) is 0 Å². The SMILES string of the molecule is Oc1ccc2c(c1)[C@]13CCCC[C@@H]1[C@@H](C2)N(CCc1ccc2c(c1)OCO2)CC3. The predicted molar refractivity (Wildman–Crippen MR) is 112 cm³/mol. The maximum absolute atomic E-state index is 10.2. The van der Waals surface area contributed by atoms with Crippen LogP contribution in [0.15, 0.2) is 36.4 Å². The van der Waals surface area contributed by atoms with Crippen molar-refractivity contribution in [2.24, 2.45) is 5.92 Å². The zero-order valence-electron chi connectivity index (χ0n) is 16.9. The van der Waals surface area contributed by atoms with E-state index in [9.17, 15) is 5.11 Å². The zero-order chi connectivity index (χ0) is 19.4. The predicted octanol–water partition coefficient (Wildman–Crippen LogP) is 4.42. The van der Waals surface area contributed by atoms with E-state index in [2.05, 4.69) is 29.2 Å².